The van der Waals surface area contributed by atoms with E-state index in [0.29, 0.717) is 5.56 Å². The van der Waals surface area contributed by atoms with Gasteiger partial charge in [-0.25, -0.2) is 4.79 Å². The number of aryl methyl sites for hydroxylation is 1. The van der Waals surface area contributed by atoms with Crippen molar-refractivity contribution in [2.45, 2.75) is 26.1 Å². The van der Waals surface area contributed by atoms with Crippen molar-refractivity contribution >= 4 is 28.2 Å². The SMILES string of the molecule is CCn1c(C)c(C2(N(c3ccccc3)c3ccccc3)OC(=O)c3ccccc32)c2ccccc21. The Morgan fingerprint density at radius 2 is 1.34 bits per heavy atom. The lowest BCUT2D eigenvalue weighted by molar-refractivity contribution is 0.0136. The maximum absolute atomic E-state index is 13.5. The van der Waals surface area contributed by atoms with E-state index in [-0.39, 0.29) is 5.97 Å². The molecule has 1 aliphatic rings. The fourth-order valence-corrected chi connectivity index (χ4v) is 5.60. The molecule has 0 radical (unpaired) electrons. The topological polar surface area (TPSA) is 34.5 Å². The summed E-state index contributed by atoms with van der Waals surface area (Å²) in [7, 11) is 0. The molecule has 0 fully saturated rings. The number of anilines is 2. The number of carbonyl (C=O) groups is 1. The van der Waals surface area contributed by atoms with Crippen LogP contribution >= 0.6 is 0 Å². The maximum atomic E-state index is 13.5. The van der Waals surface area contributed by atoms with E-state index in [0.717, 1.165) is 45.6 Å². The molecule has 4 heteroatoms. The summed E-state index contributed by atoms with van der Waals surface area (Å²) in [5.41, 5.74) is 5.34. The number of cyclic esters (lactones) is 1. The van der Waals surface area contributed by atoms with Crippen molar-refractivity contribution < 1.29 is 9.53 Å². The van der Waals surface area contributed by atoms with Gasteiger partial charge in [-0.3, -0.25) is 4.90 Å². The molecule has 4 aromatic carbocycles. The average molecular weight is 459 g/mol. The van der Waals surface area contributed by atoms with Gasteiger partial charge in [0.2, 0.25) is 5.72 Å². The van der Waals surface area contributed by atoms with Gasteiger partial charge in [-0.1, -0.05) is 72.8 Å². The Morgan fingerprint density at radius 1 is 0.771 bits per heavy atom. The van der Waals surface area contributed by atoms with Crippen molar-refractivity contribution in [3.8, 4) is 0 Å². The number of hydrogen-bond acceptors (Lipinski definition) is 3. The van der Waals surface area contributed by atoms with E-state index in [1.165, 1.54) is 0 Å². The minimum absolute atomic E-state index is 0.315. The van der Waals surface area contributed by atoms with Crippen LogP contribution in [0.4, 0.5) is 11.4 Å². The highest BCUT2D eigenvalue weighted by atomic mass is 16.6. The maximum Gasteiger partial charge on any atom is 0.341 e. The van der Waals surface area contributed by atoms with Crippen molar-refractivity contribution in [3.05, 3.63) is 132 Å². The van der Waals surface area contributed by atoms with Crippen LogP contribution in [0.2, 0.25) is 0 Å². The third kappa shape index (κ3) is 3.03. The first-order chi connectivity index (χ1) is 17.2. The summed E-state index contributed by atoms with van der Waals surface area (Å²) in [5, 5.41) is 1.08. The van der Waals surface area contributed by atoms with E-state index in [9.17, 15) is 4.79 Å². The highest BCUT2D eigenvalue weighted by molar-refractivity contribution is 5.99. The monoisotopic (exact) mass is 458 g/mol. The van der Waals surface area contributed by atoms with E-state index < -0.39 is 5.72 Å². The Labute approximate surface area is 205 Å². The van der Waals surface area contributed by atoms with E-state index >= 15 is 0 Å². The van der Waals surface area contributed by atoms with Crippen LogP contribution < -0.4 is 4.90 Å². The number of hydrogen-bond donors (Lipinski definition) is 0. The molecule has 1 aliphatic heterocycles. The van der Waals surface area contributed by atoms with Crippen molar-refractivity contribution in [2.75, 3.05) is 4.90 Å². The molecule has 5 aromatic rings. The Balaban J connectivity index is 1.80. The number of fused-ring (bicyclic) bond motifs is 2. The summed E-state index contributed by atoms with van der Waals surface area (Å²) >= 11 is 0. The van der Waals surface area contributed by atoms with Gasteiger partial charge in [0.05, 0.1) is 11.1 Å². The molecule has 6 rings (SSSR count). The molecule has 1 aromatic heterocycles. The quantitative estimate of drug-likeness (QED) is 0.262. The number of para-hydroxylation sites is 3. The number of benzene rings is 4. The number of ether oxygens (including phenoxy) is 1. The van der Waals surface area contributed by atoms with Crippen LogP contribution in [0.25, 0.3) is 10.9 Å². The molecule has 0 amide bonds. The Bertz CT molecular complexity index is 1500. The van der Waals surface area contributed by atoms with Crippen molar-refractivity contribution in [1.82, 2.24) is 4.57 Å². The fraction of sp³-hybridized carbons (Fsp3) is 0.129. The van der Waals surface area contributed by atoms with E-state index in [2.05, 4.69) is 71.8 Å². The summed E-state index contributed by atoms with van der Waals surface area (Å²) in [6.45, 7) is 5.09. The lowest BCUT2D eigenvalue weighted by Crippen LogP contribution is -2.45. The minimum Gasteiger partial charge on any atom is -0.426 e. The summed E-state index contributed by atoms with van der Waals surface area (Å²) < 4.78 is 8.90. The normalized spacial score (nSPS) is 16.8. The molecular weight excluding hydrogens is 432 g/mol. The van der Waals surface area contributed by atoms with Gasteiger partial charge in [-0.15, -0.1) is 0 Å². The molecule has 0 saturated heterocycles. The minimum atomic E-state index is -1.18. The first-order valence-electron chi connectivity index (χ1n) is 12.0. The Hall–Kier alpha value is -4.31. The standard InChI is InChI=1S/C31H26N2O2/c1-3-32-22(2)29(26-19-11-13-21-28(26)32)31(27-20-12-10-18-25(27)30(34)35-31)33(23-14-6-4-7-15-23)24-16-8-5-9-17-24/h4-21H,3H2,1-2H3. The van der Waals surface area contributed by atoms with Gasteiger partial charge in [0.15, 0.2) is 0 Å². The van der Waals surface area contributed by atoms with Gasteiger partial charge in [-0.2, -0.15) is 0 Å². The van der Waals surface area contributed by atoms with Crippen molar-refractivity contribution in [3.63, 3.8) is 0 Å². The van der Waals surface area contributed by atoms with Crippen molar-refractivity contribution in [1.29, 1.82) is 0 Å². The molecule has 4 nitrogen and oxygen atoms in total. The van der Waals surface area contributed by atoms with Gasteiger partial charge in [0.25, 0.3) is 0 Å². The van der Waals surface area contributed by atoms with Crippen LogP contribution in [-0.2, 0) is 17.0 Å². The Morgan fingerprint density at radius 3 is 2.00 bits per heavy atom. The predicted molar refractivity (Wildman–Crippen MR) is 140 cm³/mol. The third-order valence-electron chi connectivity index (χ3n) is 6.98. The number of carbonyl (C=O) groups excluding carboxylic acids is 1. The highest BCUT2D eigenvalue weighted by Crippen LogP contribution is 2.52. The Kier molecular flexibility index (Phi) is 4.96. The second-order valence-electron chi connectivity index (χ2n) is 8.81. The smallest absolute Gasteiger partial charge is 0.341 e. The molecule has 0 aliphatic carbocycles. The predicted octanol–water partition coefficient (Wildman–Crippen LogP) is 7.18. The summed E-state index contributed by atoms with van der Waals surface area (Å²) in [4.78, 5) is 15.7. The number of aromatic nitrogens is 1. The first-order valence-corrected chi connectivity index (χ1v) is 12.0. The van der Waals surface area contributed by atoms with E-state index in [4.69, 9.17) is 4.74 Å². The summed E-state index contributed by atoms with van der Waals surface area (Å²) in [6.07, 6.45) is 0. The zero-order valence-electron chi connectivity index (χ0n) is 19.8. The van der Waals surface area contributed by atoms with Crippen LogP contribution in [0.15, 0.2) is 109 Å². The molecule has 1 atom stereocenters. The van der Waals surface area contributed by atoms with Crippen LogP contribution in [0, 0.1) is 6.92 Å². The van der Waals surface area contributed by atoms with E-state index in [1.54, 1.807) is 0 Å². The second-order valence-corrected chi connectivity index (χ2v) is 8.81. The lowest BCUT2D eigenvalue weighted by atomic mass is 9.88. The first kappa shape index (κ1) is 21.2. The van der Waals surface area contributed by atoms with Gasteiger partial charge in [-0.05, 0) is 50.2 Å². The fourth-order valence-electron chi connectivity index (χ4n) is 5.60. The third-order valence-corrected chi connectivity index (χ3v) is 6.98. The summed E-state index contributed by atoms with van der Waals surface area (Å²) in [5.74, 6) is -0.315. The van der Waals surface area contributed by atoms with Crippen LogP contribution in [0.3, 0.4) is 0 Å². The van der Waals surface area contributed by atoms with Gasteiger partial charge < -0.3 is 9.30 Å². The van der Waals surface area contributed by atoms with Gasteiger partial charge >= 0.3 is 5.97 Å². The largest absolute Gasteiger partial charge is 0.426 e. The molecule has 1 unspecified atom stereocenters. The second kappa shape index (κ2) is 8.17. The van der Waals surface area contributed by atoms with E-state index in [1.807, 2.05) is 60.7 Å². The molecule has 0 N–H and O–H groups in total. The number of rotatable bonds is 5. The van der Waals surface area contributed by atoms with Crippen LogP contribution in [0.1, 0.15) is 34.1 Å². The van der Waals surface area contributed by atoms with Gasteiger partial charge in [0, 0.05) is 40.1 Å². The average Bonchev–Trinajstić information content (AvgIpc) is 3.36. The molecule has 0 bridgehead atoms. The molecule has 0 saturated carbocycles. The van der Waals surface area contributed by atoms with Gasteiger partial charge in [0.1, 0.15) is 0 Å². The molecule has 172 valence electrons. The van der Waals surface area contributed by atoms with Crippen LogP contribution in [-0.4, -0.2) is 10.5 Å². The lowest BCUT2D eigenvalue weighted by Gasteiger charge is -2.42. The number of nitrogens with zero attached hydrogens (tertiary/aromatic N) is 2. The van der Waals surface area contributed by atoms with Crippen molar-refractivity contribution in [2.24, 2.45) is 0 Å². The highest BCUT2D eigenvalue weighted by Gasteiger charge is 2.54. The summed E-state index contributed by atoms with van der Waals surface area (Å²) in [6, 6.07) is 36.5. The molecular formula is C31H26N2O2. The molecule has 2 heterocycles. The zero-order valence-corrected chi connectivity index (χ0v) is 19.8. The molecule has 35 heavy (non-hydrogen) atoms. The molecule has 0 spiro atoms. The number of esters is 1. The van der Waals surface area contributed by atoms with Crippen LogP contribution in [0.5, 0.6) is 0 Å². The zero-order chi connectivity index (χ0) is 24.0.